The van der Waals surface area contributed by atoms with Gasteiger partial charge in [0.25, 0.3) is 11.6 Å². The van der Waals surface area contributed by atoms with Gasteiger partial charge in [0, 0.05) is 11.9 Å². The molecule has 0 aliphatic rings. The quantitative estimate of drug-likeness (QED) is 0.498. The van der Waals surface area contributed by atoms with Gasteiger partial charge in [0.1, 0.15) is 11.4 Å². The SMILES string of the molecule is CCC(CC)(CCl)NC(=O)c1cc(F)ccc1[N+](=O)[O-]. The smallest absolute Gasteiger partial charge is 0.282 e. The molecule has 0 aliphatic carbocycles. The summed E-state index contributed by atoms with van der Waals surface area (Å²) in [6.07, 6.45) is 1.14. The molecule has 0 aliphatic heterocycles. The highest BCUT2D eigenvalue weighted by Gasteiger charge is 2.30. The number of carbonyl (C=O) groups is 1. The molecule has 0 atom stereocenters. The van der Waals surface area contributed by atoms with E-state index < -0.39 is 27.9 Å². The molecule has 0 aromatic heterocycles. The highest BCUT2D eigenvalue weighted by molar-refractivity contribution is 6.19. The molecule has 0 heterocycles. The van der Waals surface area contributed by atoms with Crippen LogP contribution in [0.5, 0.6) is 0 Å². The Kier molecular flexibility index (Phi) is 5.44. The minimum atomic E-state index is -0.714. The zero-order valence-corrected chi connectivity index (χ0v) is 12.0. The Balaban J connectivity index is 3.15. The predicted molar refractivity (Wildman–Crippen MR) is 74.6 cm³/mol. The lowest BCUT2D eigenvalue weighted by atomic mass is 9.94. The summed E-state index contributed by atoms with van der Waals surface area (Å²) in [6.45, 7) is 3.71. The summed E-state index contributed by atoms with van der Waals surface area (Å²) < 4.78 is 13.2. The van der Waals surface area contributed by atoms with Crippen LogP contribution in [0.3, 0.4) is 0 Å². The van der Waals surface area contributed by atoms with Gasteiger partial charge in [0.15, 0.2) is 0 Å². The highest BCUT2D eigenvalue weighted by atomic mass is 35.5. The van der Waals surface area contributed by atoms with Crippen LogP contribution < -0.4 is 5.32 Å². The van der Waals surface area contributed by atoms with Crippen LogP contribution in [0.1, 0.15) is 37.0 Å². The Morgan fingerprint density at radius 3 is 2.50 bits per heavy atom. The molecule has 1 rings (SSSR count). The number of hydrogen-bond acceptors (Lipinski definition) is 3. The zero-order chi connectivity index (χ0) is 15.3. The minimum Gasteiger partial charge on any atom is -0.345 e. The Hall–Kier alpha value is -1.69. The number of hydrogen-bond donors (Lipinski definition) is 1. The van der Waals surface area contributed by atoms with Crippen molar-refractivity contribution in [2.75, 3.05) is 5.88 Å². The largest absolute Gasteiger partial charge is 0.345 e. The second kappa shape index (κ2) is 6.65. The van der Waals surface area contributed by atoms with Crippen molar-refractivity contribution in [3.63, 3.8) is 0 Å². The van der Waals surface area contributed by atoms with E-state index in [1.165, 1.54) is 0 Å². The van der Waals surface area contributed by atoms with Crippen LogP contribution in [-0.2, 0) is 0 Å². The van der Waals surface area contributed by atoms with Gasteiger partial charge in [-0.25, -0.2) is 4.39 Å². The van der Waals surface area contributed by atoms with Gasteiger partial charge in [0.2, 0.25) is 0 Å². The van der Waals surface area contributed by atoms with Crippen LogP contribution in [0.25, 0.3) is 0 Å². The standard InChI is InChI=1S/C13H16ClFN2O3/c1-3-13(4-2,8-14)16-12(18)10-7-9(15)5-6-11(10)17(19)20/h5-7H,3-4,8H2,1-2H3,(H,16,18). The van der Waals surface area contributed by atoms with Gasteiger partial charge in [-0.15, -0.1) is 11.6 Å². The molecule has 1 N–H and O–H groups in total. The van der Waals surface area contributed by atoms with Crippen LogP contribution >= 0.6 is 11.6 Å². The van der Waals surface area contributed by atoms with E-state index in [1.54, 1.807) is 0 Å². The third-order valence-corrected chi connectivity index (χ3v) is 3.90. The van der Waals surface area contributed by atoms with Crippen LogP contribution in [0.2, 0.25) is 0 Å². The van der Waals surface area contributed by atoms with Gasteiger partial charge in [-0.05, 0) is 25.0 Å². The Labute approximate surface area is 121 Å². The maximum atomic E-state index is 13.2. The van der Waals surface area contributed by atoms with Crippen molar-refractivity contribution in [3.8, 4) is 0 Å². The van der Waals surface area contributed by atoms with Gasteiger partial charge in [-0.2, -0.15) is 0 Å². The fourth-order valence-electron chi connectivity index (χ4n) is 1.81. The summed E-state index contributed by atoms with van der Waals surface area (Å²) in [7, 11) is 0. The lowest BCUT2D eigenvalue weighted by Gasteiger charge is -2.30. The lowest BCUT2D eigenvalue weighted by Crippen LogP contribution is -2.49. The summed E-state index contributed by atoms with van der Waals surface area (Å²) in [6, 6.07) is 2.78. The van der Waals surface area contributed by atoms with E-state index in [0.29, 0.717) is 12.8 Å². The van der Waals surface area contributed by atoms with Gasteiger partial charge >= 0.3 is 0 Å². The van der Waals surface area contributed by atoms with Gasteiger partial charge in [-0.3, -0.25) is 14.9 Å². The third kappa shape index (κ3) is 3.45. The number of nitro groups is 1. The molecule has 5 nitrogen and oxygen atoms in total. The zero-order valence-electron chi connectivity index (χ0n) is 11.3. The first-order valence-electron chi connectivity index (χ1n) is 6.21. The molecular formula is C13H16ClFN2O3. The van der Waals surface area contributed by atoms with Crippen molar-refractivity contribution >= 4 is 23.2 Å². The fourth-order valence-corrected chi connectivity index (χ4v) is 2.25. The Morgan fingerprint density at radius 1 is 1.45 bits per heavy atom. The molecule has 0 saturated heterocycles. The average Bonchev–Trinajstić information content (AvgIpc) is 2.44. The molecule has 1 aromatic rings. The highest BCUT2D eigenvalue weighted by Crippen LogP contribution is 2.23. The van der Waals surface area contributed by atoms with E-state index in [1.807, 2.05) is 13.8 Å². The topological polar surface area (TPSA) is 72.2 Å². The number of alkyl halides is 1. The third-order valence-electron chi connectivity index (χ3n) is 3.39. The first-order chi connectivity index (χ1) is 9.39. The molecule has 0 unspecified atom stereocenters. The number of amides is 1. The van der Waals surface area contributed by atoms with Crippen molar-refractivity contribution in [2.24, 2.45) is 0 Å². The van der Waals surface area contributed by atoms with Crippen LogP contribution in [0.4, 0.5) is 10.1 Å². The monoisotopic (exact) mass is 302 g/mol. The number of rotatable bonds is 6. The van der Waals surface area contributed by atoms with E-state index in [0.717, 1.165) is 18.2 Å². The Bertz CT molecular complexity index is 510. The van der Waals surface area contributed by atoms with Crippen molar-refractivity contribution in [1.82, 2.24) is 5.32 Å². The molecule has 7 heteroatoms. The molecule has 0 spiro atoms. The van der Waals surface area contributed by atoms with E-state index in [9.17, 15) is 19.3 Å². The molecule has 1 amide bonds. The molecule has 0 radical (unpaired) electrons. The van der Waals surface area contributed by atoms with Crippen molar-refractivity contribution in [2.45, 2.75) is 32.2 Å². The molecule has 0 bridgehead atoms. The predicted octanol–water partition coefficient (Wildman–Crippen LogP) is 3.26. The van der Waals surface area contributed by atoms with Gasteiger partial charge in [-0.1, -0.05) is 13.8 Å². The number of nitrogens with one attached hydrogen (secondary N) is 1. The van der Waals surface area contributed by atoms with E-state index in [2.05, 4.69) is 5.32 Å². The second-order valence-electron chi connectivity index (χ2n) is 4.49. The van der Waals surface area contributed by atoms with Crippen LogP contribution in [0, 0.1) is 15.9 Å². The minimum absolute atomic E-state index is 0.175. The van der Waals surface area contributed by atoms with E-state index >= 15 is 0 Å². The van der Waals surface area contributed by atoms with Crippen molar-refractivity contribution in [1.29, 1.82) is 0 Å². The van der Waals surface area contributed by atoms with E-state index in [4.69, 9.17) is 11.6 Å². The molecular weight excluding hydrogens is 287 g/mol. The lowest BCUT2D eigenvalue weighted by molar-refractivity contribution is -0.385. The van der Waals surface area contributed by atoms with Crippen molar-refractivity contribution in [3.05, 3.63) is 39.7 Å². The fraction of sp³-hybridized carbons (Fsp3) is 0.462. The maximum absolute atomic E-state index is 13.2. The molecule has 0 fully saturated rings. The molecule has 1 aromatic carbocycles. The Morgan fingerprint density at radius 2 is 2.05 bits per heavy atom. The summed E-state index contributed by atoms with van der Waals surface area (Å²) in [5.41, 5.74) is -1.38. The number of halogens is 2. The normalized spacial score (nSPS) is 11.2. The molecule has 20 heavy (non-hydrogen) atoms. The van der Waals surface area contributed by atoms with Gasteiger partial charge < -0.3 is 5.32 Å². The summed E-state index contributed by atoms with van der Waals surface area (Å²) in [5, 5.41) is 13.6. The molecule has 0 saturated carbocycles. The summed E-state index contributed by atoms with van der Waals surface area (Å²) in [5.74, 6) is -1.22. The van der Waals surface area contributed by atoms with E-state index in [-0.39, 0.29) is 11.4 Å². The summed E-state index contributed by atoms with van der Waals surface area (Å²) >= 11 is 5.87. The first kappa shape index (κ1) is 16.4. The molecule has 110 valence electrons. The maximum Gasteiger partial charge on any atom is 0.282 e. The second-order valence-corrected chi connectivity index (χ2v) is 4.76. The number of carbonyl (C=O) groups excluding carboxylic acids is 1. The summed E-state index contributed by atoms with van der Waals surface area (Å²) in [4.78, 5) is 22.3. The number of nitro benzene ring substituents is 1. The van der Waals surface area contributed by atoms with Crippen molar-refractivity contribution < 1.29 is 14.1 Å². The number of benzene rings is 1. The number of nitrogens with zero attached hydrogens (tertiary/aromatic N) is 1. The van der Waals surface area contributed by atoms with Gasteiger partial charge in [0.05, 0.1) is 10.5 Å². The van der Waals surface area contributed by atoms with Crippen LogP contribution in [-0.4, -0.2) is 22.2 Å². The average molecular weight is 303 g/mol. The first-order valence-corrected chi connectivity index (χ1v) is 6.75. The van der Waals surface area contributed by atoms with Crippen LogP contribution in [0.15, 0.2) is 18.2 Å².